The molecule has 0 bridgehead atoms. The number of nitrogens with one attached hydrogen (secondary N) is 1. The zero-order chi connectivity index (χ0) is 24.7. The minimum absolute atomic E-state index is 0.0346. The van der Waals surface area contributed by atoms with E-state index in [4.69, 9.17) is 5.11 Å². The normalized spacial score (nSPS) is 11.3. The molecule has 35 heavy (non-hydrogen) atoms. The van der Waals surface area contributed by atoms with Gasteiger partial charge in [-0.15, -0.1) is 0 Å². The van der Waals surface area contributed by atoms with Gasteiger partial charge in [-0.1, -0.05) is 36.4 Å². The van der Waals surface area contributed by atoms with Crippen molar-refractivity contribution in [3.05, 3.63) is 96.7 Å². The summed E-state index contributed by atoms with van der Waals surface area (Å²) in [5.74, 6) is -0.704. The van der Waals surface area contributed by atoms with Gasteiger partial charge < -0.3 is 10.4 Å². The lowest BCUT2D eigenvalue weighted by Crippen LogP contribution is -2.31. The smallest absolute Gasteiger partial charge is 0.322 e. The van der Waals surface area contributed by atoms with Crippen molar-refractivity contribution in [3.8, 4) is 11.1 Å². The monoisotopic (exact) mass is 490 g/mol. The molecular formula is C24H22N6O4S. The molecule has 11 heteroatoms. The molecule has 0 aliphatic carbocycles. The van der Waals surface area contributed by atoms with Gasteiger partial charge in [-0.25, -0.2) is 13.4 Å². The van der Waals surface area contributed by atoms with E-state index in [9.17, 15) is 13.2 Å². The number of pyridine rings is 2. The van der Waals surface area contributed by atoms with Crippen LogP contribution in [0.15, 0.2) is 90.2 Å². The molecule has 0 spiro atoms. The molecule has 2 N–H and O–H groups in total. The zero-order valence-corrected chi connectivity index (χ0v) is 19.3. The van der Waals surface area contributed by atoms with E-state index in [-0.39, 0.29) is 24.5 Å². The molecule has 0 saturated carbocycles. The van der Waals surface area contributed by atoms with Gasteiger partial charge >= 0.3 is 5.97 Å². The summed E-state index contributed by atoms with van der Waals surface area (Å²) in [5, 5.41) is 19.8. The molecule has 0 fully saturated rings. The molecule has 0 amide bonds. The summed E-state index contributed by atoms with van der Waals surface area (Å²) in [6.07, 6.45) is 4.40. The second kappa shape index (κ2) is 10.8. The molecule has 3 aromatic heterocycles. The number of sulfonamides is 1. The van der Waals surface area contributed by atoms with Crippen LogP contribution in [0.5, 0.6) is 0 Å². The molecule has 4 rings (SSSR count). The first-order chi connectivity index (χ1) is 16.9. The summed E-state index contributed by atoms with van der Waals surface area (Å²) in [6, 6.07) is 19.4. The molecular weight excluding hydrogens is 468 g/mol. The SMILES string of the molecule is O=C(O)CNc1cccc(CN(Cc2cc(-c3ccccc3)cnn2)S(=O)(=O)c2cccnc2)n1. The average Bonchev–Trinajstić information content (AvgIpc) is 2.88. The number of benzene rings is 1. The van der Waals surface area contributed by atoms with E-state index >= 15 is 0 Å². The zero-order valence-electron chi connectivity index (χ0n) is 18.5. The first-order valence-corrected chi connectivity index (χ1v) is 12.0. The lowest BCUT2D eigenvalue weighted by molar-refractivity contribution is -0.134. The molecule has 0 radical (unpaired) electrons. The first-order valence-electron chi connectivity index (χ1n) is 10.6. The van der Waals surface area contributed by atoms with Crippen LogP contribution in [0, 0.1) is 0 Å². The fourth-order valence-corrected chi connectivity index (χ4v) is 4.69. The van der Waals surface area contributed by atoms with Gasteiger partial charge in [-0.3, -0.25) is 9.78 Å². The quantitative estimate of drug-likeness (QED) is 0.343. The van der Waals surface area contributed by atoms with Crippen molar-refractivity contribution in [2.24, 2.45) is 0 Å². The fraction of sp³-hybridized carbons (Fsp3) is 0.125. The number of carboxylic acids is 1. The van der Waals surface area contributed by atoms with E-state index in [1.165, 1.54) is 22.8 Å². The van der Waals surface area contributed by atoms with Gasteiger partial charge in [0.15, 0.2) is 0 Å². The Balaban J connectivity index is 1.66. The molecule has 178 valence electrons. The highest BCUT2D eigenvalue weighted by atomic mass is 32.2. The Hall–Kier alpha value is -4.22. The standard InChI is InChI=1S/C24H22N6O4S/c31-24(32)15-26-23-10-4-8-20(28-23)16-30(35(33,34)22-9-5-11-25-14-22)17-21-12-19(13-27-29-21)18-6-2-1-3-7-18/h1-14H,15-17H2,(H,26,28)(H,31,32). The third kappa shape index (κ3) is 6.22. The summed E-state index contributed by atoms with van der Waals surface area (Å²) < 4.78 is 28.3. The van der Waals surface area contributed by atoms with Crippen molar-refractivity contribution in [1.29, 1.82) is 0 Å². The number of carbonyl (C=O) groups is 1. The van der Waals surface area contributed by atoms with Crippen molar-refractivity contribution in [1.82, 2.24) is 24.5 Å². The Morgan fingerprint density at radius 3 is 2.46 bits per heavy atom. The van der Waals surface area contributed by atoms with Crippen LogP contribution >= 0.6 is 0 Å². The van der Waals surface area contributed by atoms with Gasteiger partial charge in [0.05, 0.1) is 30.7 Å². The van der Waals surface area contributed by atoms with Gasteiger partial charge in [-0.05, 0) is 35.9 Å². The number of aliphatic carboxylic acids is 1. The average molecular weight is 491 g/mol. The molecule has 3 heterocycles. The van der Waals surface area contributed by atoms with Gasteiger partial charge in [0.2, 0.25) is 10.0 Å². The van der Waals surface area contributed by atoms with Gasteiger partial charge in [0.25, 0.3) is 0 Å². The minimum atomic E-state index is -3.96. The number of rotatable bonds is 10. The highest BCUT2D eigenvalue weighted by Crippen LogP contribution is 2.23. The second-order valence-electron chi connectivity index (χ2n) is 7.52. The van der Waals surface area contributed by atoms with Crippen LogP contribution in [0.4, 0.5) is 5.82 Å². The van der Waals surface area contributed by atoms with E-state index in [2.05, 4.69) is 25.5 Å². The lowest BCUT2D eigenvalue weighted by Gasteiger charge is -2.22. The Morgan fingerprint density at radius 2 is 1.71 bits per heavy atom. The summed E-state index contributed by atoms with van der Waals surface area (Å²) in [4.78, 5) is 19.2. The Morgan fingerprint density at radius 1 is 0.914 bits per heavy atom. The highest BCUT2D eigenvalue weighted by molar-refractivity contribution is 7.89. The van der Waals surface area contributed by atoms with E-state index < -0.39 is 16.0 Å². The first kappa shape index (κ1) is 23.9. The van der Waals surface area contributed by atoms with E-state index in [1.807, 2.05) is 30.3 Å². The summed E-state index contributed by atoms with van der Waals surface area (Å²) in [5.41, 5.74) is 2.63. The Kier molecular flexibility index (Phi) is 7.38. The van der Waals surface area contributed by atoms with Crippen molar-refractivity contribution in [3.63, 3.8) is 0 Å². The summed E-state index contributed by atoms with van der Waals surface area (Å²) in [7, 11) is -3.96. The third-order valence-electron chi connectivity index (χ3n) is 4.99. The number of nitrogens with zero attached hydrogens (tertiary/aromatic N) is 5. The molecule has 0 atom stereocenters. The van der Waals surface area contributed by atoms with Crippen molar-refractivity contribution in [2.45, 2.75) is 18.0 Å². The van der Waals surface area contributed by atoms with Crippen LogP contribution < -0.4 is 5.32 Å². The predicted octanol–water partition coefficient (Wildman–Crippen LogP) is 2.82. The minimum Gasteiger partial charge on any atom is -0.480 e. The Bertz CT molecular complexity index is 1400. The van der Waals surface area contributed by atoms with Crippen LogP contribution in [0.2, 0.25) is 0 Å². The highest BCUT2D eigenvalue weighted by Gasteiger charge is 2.26. The molecule has 1 aromatic carbocycles. The number of hydrogen-bond donors (Lipinski definition) is 2. The maximum Gasteiger partial charge on any atom is 0.322 e. The topological polar surface area (TPSA) is 138 Å². The van der Waals surface area contributed by atoms with Gasteiger partial charge in [0.1, 0.15) is 17.3 Å². The number of hydrogen-bond acceptors (Lipinski definition) is 8. The van der Waals surface area contributed by atoms with Crippen molar-refractivity contribution < 1.29 is 18.3 Å². The molecule has 0 aliphatic rings. The van der Waals surface area contributed by atoms with Crippen LogP contribution in [0.3, 0.4) is 0 Å². The van der Waals surface area contributed by atoms with E-state index in [1.54, 1.807) is 36.5 Å². The van der Waals surface area contributed by atoms with Crippen molar-refractivity contribution in [2.75, 3.05) is 11.9 Å². The number of anilines is 1. The number of carboxylic acid groups (broad SMARTS) is 1. The van der Waals surface area contributed by atoms with Gasteiger partial charge in [-0.2, -0.15) is 14.5 Å². The maximum atomic E-state index is 13.5. The maximum absolute atomic E-state index is 13.5. The lowest BCUT2D eigenvalue weighted by atomic mass is 10.1. The third-order valence-corrected chi connectivity index (χ3v) is 6.76. The molecule has 0 unspecified atom stereocenters. The molecule has 4 aromatic rings. The van der Waals surface area contributed by atoms with Crippen LogP contribution in [-0.2, 0) is 27.9 Å². The van der Waals surface area contributed by atoms with Crippen molar-refractivity contribution >= 4 is 21.8 Å². The predicted molar refractivity (Wildman–Crippen MR) is 129 cm³/mol. The van der Waals surface area contributed by atoms with Crippen LogP contribution in [0.25, 0.3) is 11.1 Å². The van der Waals surface area contributed by atoms with E-state index in [0.29, 0.717) is 17.2 Å². The van der Waals surface area contributed by atoms with E-state index in [0.717, 1.165) is 11.1 Å². The summed E-state index contributed by atoms with van der Waals surface area (Å²) >= 11 is 0. The van der Waals surface area contributed by atoms with Gasteiger partial charge in [0, 0.05) is 18.0 Å². The molecule has 0 aliphatic heterocycles. The summed E-state index contributed by atoms with van der Waals surface area (Å²) in [6.45, 7) is -0.438. The molecule has 10 nitrogen and oxygen atoms in total. The largest absolute Gasteiger partial charge is 0.480 e. The van der Waals surface area contributed by atoms with Crippen LogP contribution in [-0.4, -0.2) is 50.5 Å². The Labute approximate surface area is 202 Å². The fourth-order valence-electron chi connectivity index (χ4n) is 3.34. The second-order valence-corrected chi connectivity index (χ2v) is 9.46. The molecule has 0 saturated heterocycles. The number of aromatic nitrogens is 4. The van der Waals surface area contributed by atoms with Crippen LogP contribution in [0.1, 0.15) is 11.4 Å².